The van der Waals surface area contributed by atoms with E-state index < -0.39 is 17.0 Å². The number of benzene rings is 1. The van der Waals surface area contributed by atoms with Crippen LogP contribution in [0.25, 0.3) is 0 Å². The number of nitrogens with zero attached hydrogens (tertiary/aromatic N) is 1. The largest absolute Gasteiger partial charge is 0.477 e. The second-order valence-electron chi connectivity index (χ2n) is 4.27. The molecule has 7 heteroatoms. The summed E-state index contributed by atoms with van der Waals surface area (Å²) in [6.07, 6.45) is 1.09. The molecular formula is C12H12BrNO5. The zero-order valence-corrected chi connectivity index (χ0v) is 11.8. The van der Waals surface area contributed by atoms with Gasteiger partial charge in [-0.2, -0.15) is 0 Å². The molecule has 0 aromatic heterocycles. The van der Waals surface area contributed by atoms with Crippen molar-refractivity contribution in [1.82, 2.24) is 0 Å². The zero-order valence-electron chi connectivity index (χ0n) is 10.2. The number of carbonyl (C=O) groups is 1. The molecule has 19 heavy (non-hydrogen) atoms. The van der Waals surface area contributed by atoms with Crippen molar-refractivity contribution in [1.29, 1.82) is 0 Å². The van der Waals surface area contributed by atoms with Crippen LogP contribution in [0.1, 0.15) is 12.8 Å². The highest BCUT2D eigenvalue weighted by Crippen LogP contribution is 2.38. The molecular weight excluding hydrogens is 318 g/mol. The molecule has 1 atom stereocenters. The molecule has 1 saturated carbocycles. The molecule has 0 saturated heterocycles. The Bertz CT molecular complexity index is 515. The average Bonchev–Trinajstić information content (AvgIpc) is 3.21. The van der Waals surface area contributed by atoms with Crippen molar-refractivity contribution in [3.63, 3.8) is 0 Å². The molecule has 0 spiro atoms. The Morgan fingerprint density at radius 1 is 1.53 bits per heavy atom. The van der Waals surface area contributed by atoms with E-state index in [-0.39, 0.29) is 17.4 Å². The van der Waals surface area contributed by atoms with Gasteiger partial charge in [-0.1, -0.05) is 0 Å². The number of nitro groups is 1. The number of methoxy groups -OCH3 is 1. The van der Waals surface area contributed by atoms with Gasteiger partial charge in [0.2, 0.25) is 0 Å². The van der Waals surface area contributed by atoms with Crippen LogP contribution in [0, 0.1) is 16.0 Å². The van der Waals surface area contributed by atoms with Crippen LogP contribution in [0.2, 0.25) is 0 Å². The summed E-state index contributed by atoms with van der Waals surface area (Å²) < 4.78 is 10.8. The van der Waals surface area contributed by atoms with Crippen LogP contribution >= 0.6 is 15.9 Å². The van der Waals surface area contributed by atoms with Crippen molar-refractivity contribution in [2.24, 2.45) is 5.92 Å². The Kier molecular flexibility index (Phi) is 4.04. The molecule has 0 amide bonds. The molecule has 0 N–H and O–H groups in total. The zero-order chi connectivity index (χ0) is 14.0. The lowest BCUT2D eigenvalue weighted by Crippen LogP contribution is -2.30. The van der Waals surface area contributed by atoms with Crippen LogP contribution in [0.5, 0.6) is 5.75 Å². The third-order valence-corrected chi connectivity index (χ3v) is 3.52. The number of nitro benzene ring substituents is 1. The van der Waals surface area contributed by atoms with Gasteiger partial charge in [0.1, 0.15) is 5.75 Å². The van der Waals surface area contributed by atoms with Gasteiger partial charge < -0.3 is 9.47 Å². The molecule has 1 aliphatic rings. The normalized spacial score (nSPS) is 15.7. The Hall–Kier alpha value is -1.63. The number of ether oxygens (including phenoxy) is 2. The molecule has 0 radical (unpaired) electrons. The van der Waals surface area contributed by atoms with Crippen LogP contribution in [-0.2, 0) is 9.53 Å². The van der Waals surface area contributed by atoms with Gasteiger partial charge in [-0.3, -0.25) is 10.1 Å². The van der Waals surface area contributed by atoms with E-state index in [2.05, 4.69) is 15.9 Å². The summed E-state index contributed by atoms with van der Waals surface area (Å²) in [5.74, 6) is -0.0592. The molecule has 0 aliphatic heterocycles. The average molecular weight is 330 g/mol. The Balaban J connectivity index is 2.22. The van der Waals surface area contributed by atoms with Gasteiger partial charge in [-0.15, -0.1) is 0 Å². The maximum atomic E-state index is 11.6. The third kappa shape index (κ3) is 3.23. The quantitative estimate of drug-likeness (QED) is 0.471. The third-order valence-electron chi connectivity index (χ3n) is 2.86. The second kappa shape index (κ2) is 5.56. The van der Waals surface area contributed by atoms with Crippen LogP contribution in [0.4, 0.5) is 5.69 Å². The second-order valence-corrected chi connectivity index (χ2v) is 5.13. The van der Waals surface area contributed by atoms with E-state index in [0.717, 1.165) is 12.8 Å². The van der Waals surface area contributed by atoms with Crippen LogP contribution in [-0.4, -0.2) is 24.1 Å². The van der Waals surface area contributed by atoms with E-state index >= 15 is 0 Å². The van der Waals surface area contributed by atoms with Gasteiger partial charge in [-0.05, 0) is 34.8 Å². The highest BCUT2D eigenvalue weighted by Gasteiger charge is 2.39. The molecule has 1 fully saturated rings. The Morgan fingerprint density at radius 2 is 2.21 bits per heavy atom. The molecule has 1 unspecified atom stereocenters. The monoisotopic (exact) mass is 329 g/mol. The molecule has 102 valence electrons. The van der Waals surface area contributed by atoms with Gasteiger partial charge >= 0.3 is 5.97 Å². The summed E-state index contributed by atoms with van der Waals surface area (Å²) >= 11 is 3.25. The predicted octanol–water partition coefficient (Wildman–Crippen LogP) is 2.69. The predicted molar refractivity (Wildman–Crippen MR) is 70.0 cm³/mol. The molecule has 1 aliphatic carbocycles. The minimum atomic E-state index is -0.705. The summed E-state index contributed by atoms with van der Waals surface area (Å²) in [7, 11) is 1.30. The van der Waals surface area contributed by atoms with Crippen molar-refractivity contribution in [3.8, 4) is 5.75 Å². The fraction of sp³-hybridized carbons (Fsp3) is 0.417. The number of halogens is 1. The van der Waals surface area contributed by atoms with E-state index in [1.807, 2.05) is 0 Å². The van der Waals surface area contributed by atoms with Crippen molar-refractivity contribution in [2.45, 2.75) is 18.9 Å². The standard InChI is InChI=1S/C12H12BrNO5/c1-18-12(15)11(7-2-3-7)19-10-6-8(14(16)17)4-5-9(10)13/h4-7,11H,2-3H2,1H3. The fourth-order valence-electron chi connectivity index (χ4n) is 1.68. The highest BCUT2D eigenvalue weighted by molar-refractivity contribution is 9.10. The van der Waals surface area contributed by atoms with Gasteiger partial charge in [0, 0.05) is 12.0 Å². The van der Waals surface area contributed by atoms with Crippen molar-refractivity contribution in [3.05, 3.63) is 32.8 Å². The first-order valence-corrected chi connectivity index (χ1v) is 6.50. The topological polar surface area (TPSA) is 78.7 Å². The molecule has 1 aromatic rings. The number of non-ortho nitro benzene ring substituents is 1. The van der Waals surface area contributed by atoms with Gasteiger partial charge in [0.25, 0.3) is 5.69 Å². The summed E-state index contributed by atoms with van der Waals surface area (Å²) in [6, 6.07) is 4.18. The van der Waals surface area contributed by atoms with E-state index in [1.165, 1.54) is 25.3 Å². The minimum Gasteiger partial charge on any atom is -0.477 e. The molecule has 2 rings (SSSR count). The van der Waals surface area contributed by atoms with Crippen molar-refractivity contribution >= 4 is 27.6 Å². The number of esters is 1. The maximum Gasteiger partial charge on any atom is 0.347 e. The summed E-state index contributed by atoms with van der Waals surface area (Å²) in [5, 5.41) is 10.7. The van der Waals surface area contributed by atoms with Gasteiger partial charge in [0.15, 0.2) is 6.10 Å². The lowest BCUT2D eigenvalue weighted by molar-refractivity contribution is -0.385. The van der Waals surface area contributed by atoms with E-state index in [0.29, 0.717) is 4.47 Å². The van der Waals surface area contributed by atoms with E-state index in [4.69, 9.17) is 9.47 Å². The first-order valence-electron chi connectivity index (χ1n) is 5.71. The van der Waals surface area contributed by atoms with Gasteiger partial charge in [-0.25, -0.2) is 4.79 Å². The minimum absolute atomic E-state index is 0.0855. The Morgan fingerprint density at radius 3 is 2.74 bits per heavy atom. The summed E-state index contributed by atoms with van der Waals surface area (Å²) in [5.41, 5.74) is -0.0855. The SMILES string of the molecule is COC(=O)C(Oc1cc([N+](=O)[O-])ccc1Br)C1CC1. The summed E-state index contributed by atoms with van der Waals surface area (Å²) in [4.78, 5) is 21.9. The summed E-state index contributed by atoms with van der Waals surface area (Å²) in [6.45, 7) is 0. The molecule has 1 aromatic carbocycles. The van der Waals surface area contributed by atoms with Crippen LogP contribution in [0.15, 0.2) is 22.7 Å². The maximum absolute atomic E-state index is 11.6. The lowest BCUT2D eigenvalue weighted by Gasteiger charge is -2.17. The van der Waals surface area contributed by atoms with Gasteiger partial charge in [0.05, 0.1) is 22.6 Å². The molecule has 0 bridgehead atoms. The fourth-order valence-corrected chi connectivity index (χ4v) is 2.02. The first kappa shape index (κ1) is 13.8. The van der Waals surface area contributed by atoms with Crippen molar-refractivity contribution in [2.75, 3.05) is 7.11 Å². The number of hydrogen-bond donors (Lipinski definition) is 0. The number of rotatable bonds is 5. The smallest absolute Gasteiger partial charge is 0.347 e. The first-order chi connectivity index (χ1) is 9.02. The lowest BCUT2D eigenvalue weighted by atomic mass is 10.2. The van der Waals surface area contributed by atoms with E-state index in [9.17, 15) is 14.9 Å². The van der Waals surface area contributed by atoms with Crippen LogP contribution < -0.4 is 4.74 Å². The Labute approximate surface area is 118 Å². The number of hydrogen-bond acceptors (Lipinski definition) is 5. The highest BCUT2D eigenvalue weighted by atomic mass is 79.9. The number of carbonyl (C=O) groups excluding carboxylic acids is 1. The van der Waals surface area contributed by atoms with Crippen LogP contribution in [0.3, 0.4) is 0 Å². The molecule has 6 nitrogen and oxygen atoms in total. The van der Waals surface area contributed by atoms with Crippen molar-refractivity contribution < 1.29 is 19.2 Å². The molecule has 0 heterocycles. The van der Waals surface area contributed by atoms with E-state index in [1.54, 1.807) is 0 Å².